The second-order valence-corrected chi connectivity index (χ2v) is 5.11. The average molecular weight is 312 g/mol. The van der Waals surface area contributed by atoms with Crippen LogP contribution in [0.5, 0.6) is 0 Å². The average Bonchev–Trinajstić information content (AvgIpc) is 2.59. The normalized spacial score (nSPS) is 10.9. The van der Waals surface area contributed by atoms with Crippen LogP contribution in [-0.2, 0) is 6.54 Å². The van der Waals surface area contributed by atoms with E-state index >= 15 is 0 Å². The van der Waals surface area contributed by atoms with Gasteiger partial charge in [-0.1, -0.05) is 12.1 Å². The van der Waals surface area contributed by atoms with Crippen molar-refractivity contribution in [2.24, 2.45) is 5.73 Å². The third-order valence-electron chi connectivity index (χ3n) is 3.64. The van der Waals surface area contributed by atoms with E-state index in [4.69, 9.17) is 10.8 Å². The number of nitrogens with one attached hydrogen (secondary N) is 1. The van der Waals surface area contributed by atoms with Gasteiger partial charge in [0.2, 0.25) is 0 Å². The quantitative estimate of drug-likeness (QED) is 0.673. The molecule has 118 valence electrons. The van der Waals surface area contributed by atoms with Gasteiger partial charge < -0.3 is 16.2 Å². The second kappa shape index (κ2) is 6.68. The van der Waals surface area contributed by atoms with Gasteiger partial charge in [-0.3, -0.25) is 0 Å². The Kier molecular flexibility index (Phi) is 4.45. The number of aliphatic hydroxyl groups is 1. The number of nitrogens with two attached hydrogens (primary N) is 1. The molecule has 2 aromatic carbocycles. The Balaban J connectivity index is 2.12. The zero-order chi connectivity index (χ0) is 16.2. The lowest BCUT2D eigenvalue weighted by atomic mass is 9.98. The number of aliphatic hydroxyl groups excluding tert-OH is 1. The van der Waals surface area contributed by atoms with Gasteiger partial charge >= 0.3 is 0 Å². The zero-order valence-electron chi connectivity index (χ0n) is 12.5. The molecule has 0 amide bonds. The van der Waals surface area contributed by atoms with Gasteiger partial charge in [-0.05, 0) is 41.0 Å². The van der Waals surface area contributed by atoms with Crippen LogP contribution in [0.1, 0.15) is 5.56 Å². The van der Waals surface area contributed by atoms with E-state index in [1.807, 2.05) is 18.2 Å². The minimum absolute atomic E-state index is 0.0144. The van der Waals surface area contributed by atoms with Crippen LogP contribution in [-0.4, -0.2) is 28.2 Å². The van der Waals surface area contributed by atoms with E-state index in [0.29, 0.717) is 12.4 Å². The van der Waals surface area contributed by atoms with E-state index in [9.17, 15) is 4.39 Å². The molecule has 0 bridgehead atoms. The molecule has 6 heteroatoms. The summed E-state index contributed by atoms with van der Waals surface area (Å²) in [6.07, 6.45) is 1.48. The van der Waals surface area contributed by atoms with Gasteiger partial charge in [0.15, 0.2) is 0 Å². The van der Waals surface area contributed by atoms with Gasteiger partial charge in [0.05, 0.1) is 12.1 Å². The van der Waals surface area contributed by atoms with E-state index < -0.39 is 0 Å². The summed E-state index contributed by atoms with van der Waals surface area (Å²) in [4.78, 5) is 8.46. The van der Waals surface area contributed by atoms with E-state index in [1.54, 1.807) is 6.07 Å². The number of anilines is 1. The highest BCUT2D eigenvalue weighted by molar-refractivity contribution is 5.92. The van der Waals surface area contributed by atoms with Gasteiger partial charge in [-0.15, -0.1) is 0 Å². The number of aromatic nitrogens is 2. The first kappa shape index (κ1) is 15.3. The minimum Gasteiger partial charge on any atom is -0.395 e. The Bertz CT molecular complexity index is 838. The van der Waals surface area contributed by atoms with Crippen molar-refractivity contribution in [2.45, 2.75) is 6.54 Å². The molecule has 0 aliphatic heterocycles. The van der Waals surface area contributed by atoms with Crippen LogP contribution in [0, 0.1) is 5.82 Å². The molecule has 3 aromatic rings. The van der Waals surface area contributed by atoms with Crippen LogP contribution in [0.4, 0.5) is 10.2 Å². The van der Waals surface area contributed by atoms with Gasteiger partial charge in [0.25, 0.3) is 0 Å². The smallest absolute Gasteiger partial charge is 0.137 e. The summed E-state index contributed by atoms with van der Waals surface area (Å²) in [6, 6.07) is 10.4. The molecular formula is C17H17FN4O. The maximum absolute atomic E-state index is 13.4. The third-order valence-corrected chi connectivity index (χ3v) is 3.64. The SMILES string of the molecule is NCc1cc(F)ccc1-c1ccc2ncnc(NCCO)c2c1. The summed E-state index contributed by atoms with van der Waals surface area (Å²) >= 11 is 0. The molecule has 0 saturated carbocycles. The number of hydrogen-bond donors (Lipinski definition) is 3. The molecule has 0 saturated heterocycles. The Morgan fingerprint density at radius 2 is 2.00 bits per heavy atom. The van der Waals surface area contributed by atoms with Crippen LogP contribution in [0.3, 0.4) is 0 Å². The fourth-order valence-electron chi connectivity index (χ4n) is 2.55. The molecule has 0 unspecified atom stereocenters. The van der Waals surface area contributed by atoms with Gasteiger partial charge in [-0.2, -0.15) is 0 Å². The second-order valence-electron chi connectivity index (χ2n) is 5.11. The molecule has 0 atom stereocenters. The van der Waals surface area contributed by atoms with E-state index in [-0.39, 0.29) is 19.0 Å². The molecule has 5 nitrogen and oxygen atoms in total. The predicted octanol–water partition coefficient (Wildman–Crippen LogP) is 2.30. The topological polar surface area (TPSA) is 84.1 Å². The number of nitrogens with zero attached hydrogens (tertiary/aromatic N) is 2. The van der Waals surface area contributed by atoms with Crippen LogP contribution < -0.4 is 11.1 Å². The summed E-state index contributed by atoms with van der Waals surface area (Å²) < 4.78 is 13.4. The third kappa shape index (κ3) is 3.13. The lowest BCUT2D eigenvalue weighted by molar-refractivity contribution is 0.311. The lowest BCUT2D eigenvalue weighted by Crippen LogP contribution is -2.07. The maximum Gasteiger partial charge on any atom is 0.137 e. The fourth-order valence-corrected chi connectivity index (χ4v) is 2.55. The molecular weight excluding hydrogens is 295 g/mol. The maximum atomic E-state index is 13.4. The number of halogens is 1. The van der Waals surface area contributed by atoms with Crippen molar-refractivity contribution in [1.29, 1.82) is 0 Å². The standard InChI is InChI=1S/C17H17FN4O/c18-13-2-3-14(12(7-13)9-19)11-1-4-16-15(8-11)17(20-5-6-23)22-10-21-16/h1-4,7-8,10,23H,5-6,9,19H2,(H,20,21,22). The van der Waals surface area contributed by atoms with Crippen molar-refractivity contribution in [3.63, 3.8) is 0 Å². The highest BCUT2D eigenvalue weighted by Gasteiger charge is 2.09. The van der Waals surface area contributed by atoms with Crippen LogP contribution in [0.2, 0.25) is 0 Å². The van der Waals surface area contributed by atoms with E-state index in [1.165, 1.54) is 18.5 Å². The van der Waals surface area contributed by atoms with Gasteiger partial charge in [0.1, 0.15) is 18.0 Å². The molecule has 0 fully saturated rings. The first-order valence-electron chi connectivity index (χ1n) is 7.31. The molecule has 0 spiro atoms. The Morgan fingerprint density at radius 3 is 2.78 bits per heavy atom. The minimum atomic E-state index is -0.302. The molecule has 1 heterocycles. The fraction of sp³-hybridized carbons (Fsp3) is 0.176. The molecule has 4 N–H and O–H groups in total. The van der Waals surface area contributed by atoms with Crippen molar-refractivity contribution in [3.05, 3.63) is 54.1 Å². The van der Waals surface area contributed by atoms with Crippen LogP contribution in [0.15, 0.2) is 42.7 Å². The predicted molar refractivity (Wildman–Crippen MR) is 88.4 cm³/mol. The summed E-state index contributed by atoms with van der Waals surface area (Å²) in [5.74, 6) is 0.353. The first-order chi connectivity index (χ1) is 11.2. The molecule has 0 aliphatic carbocycles. The Hall–Kier alpha value is -2.57. The number of rotatable bonds is 5. The number of hydrogen-bond acceptors (Lipinski definition) is 5. The molecule has 23 heavy (non-hydrogen) atoms. The molecule has 0 aliphatic rings. The van der Waals surface area contributed by atoms with Gasteiger partial charge in [-0.25, -0.2) is 14.4 Å². The number of fused-ring (bicyclic) bond motifs is 1. The van der Waals surface area contributed by atoms with Crippen LogP contribution >= 0.6 is 0 Å². The Labute approximate surface area is 133 Å². The van der Waals surface area contributed by atoms with E-state index in [2.05, 4.69) is 15.3 Å². The van der Waals surface area contributed by atoms with Crippen molar-refractivity contribution in [1.82, 2.24) is 9.97 Å². The summed E-state index contributed by atoms with van der Waals surface area (Å²) in [5.41, 5.74) is 9.07. The number of benzene rings is 2. The monoisotopic (exact) mass is 312 g/mol. The van der Waals surface area contributed by atoms with Crippen molar-refractivity contribution >= 4 is 16.7 Å². The largest absolute Gasteiger partial charge is 0.395 e. The van der Waals surface area contributed by atoms with E-state index in [0.717, 1.165) is 27.6 Å². The molecule has 0 radical (unpaired) electrons. The van der Waals surface area contributed by atoms with Gasteiger partial charge in [0, 0.05) is 18.5 Å². The summed E-state index contributed by atoms with van der Waals surface area (Å²) in [5, 5.41) is 12.9. The van der Waals surface area contributed by atoms with Crippen LogP contribution in [0.25, 0.3) is 22.0 Å². The first-order valence-corrected chi connectivity index (χ1v) is 7.31. The van der Waals surface area contributed by atoms with Crippen molar-refractivity contribution in [3.8, 4) is 11.1 Å². The summed E-state index contributed by atoms with van der Waals surface area (Å²) in [7, 11) is 0. The molecule has 3 rings (SSSR count). The van der Waals surface area contributed by atoms with Crippen molar-refractivity contribution < 1.29 is 9.50 Å². The highest BCUT2D eigenvalue weighted by Crippen LogP contribution is 2.29. The summed E-state index contributed by atoms with van der Waals surface area (Å²) in [6.45, 7) is 0.674. The molecule has 1 aromatic heterocycles. The zero-order valence-corrected chi connectivity index (χ0v) is 12.5. The lowest BCUT2D eigenvalue weighted by Gasteiger charge is -2.11. The highest BCUT2D eigenvalue weighted by atomic mass is 19.1. The van der Waals surface area contributed by atoms with Crippen molar-refractivity contribution in [2.75, 3.05) is 18.5 Å². The Morgan fingerprint density at radius 1 is 1.13 bits per heavy atom.